The van der Waals surface area contributed by atoms with Crippen LogP contribution >= 0.6 is 21.6 Å². The molecule has 2 aromatic heterocycles. The molecule has 14 nitrogen and oxygen atoms in total. The summed E-state index contributed by atoms with van der Waals surface area (Å²) in [4.78, 5) is 83.2. The average molecular weight is 747 g/mol. The van der Waals surface area contributed by atoms with Crippen LogP contribution in [0.5, 0.6) is 0 Å². The van der Waals surface area contributed by atoms with Crippen molar-refractivity contribution in [1.82, 2.24) is 25.9 Å². The van der Waals surface area contributed by atoms with E-state index in [1.54, 1.807) is 23.4 Å². The van der Waals surface area contributed by atoms with Crippen molar-refractivity contribution in [3.8, 4) is 0 Å². The molecule has 2 atom stereocenters. The first-order valence-corrected chi connectivity index (χ1v) is 18.9. The van der Waals surface area contributed by atoms with Gasteiger partial charge in [-0.3, -0.25) is 38.7 Å². The van der Waals surface area contributed by atoms with E-state index < -0.39 is 23.9 Å². The van der Waals surface area contributed by atoms with Gasteiger partial charge in [-0.2, -0.15) is 0 Å². The summed E-state index contributed by atoms with van der Waals surface area (Å²) in [6, 6.07) is 13.8. The Labute approximate surface area is 309 Å². The maximum atomic E-state index is 12.8. The number of pyridine rings is 2. The van der Waals surface area contributed by atoms with E-state index in [2.05, 4.69) is 20.9 Å². The Hall–Kier alpha value is -5.22. The van der Waals surface area contributed by atoms with E-state index in [1.807, 2.05) is 42.5 Å². The van der Waals surface area contributed by atoms with Crippen molar-refractivity contribution in [2.24, 2.45) is 11.5 Å². The number of primary amides is 2. The Bertz CT molecular complexity index is 1940. The van der Waals surface area contributed by atoms with Crippen molar-refractivity contribution < 1.29 is 28.8 Å². The molecule has 16 heteroatoms. The lowest BCUT2D eigenvalue weighted by Gasteiger charge is -2.19. The molecule has 7 N–H and O–H groups in total. The highest BCUT2D eigenvalue weighted by atomic mass is 33.1. The Balaban J connectivity index is 1.34. The molecule has 52 heavy (non-hydrogen) atoms. The molecule has 0 aliphatic heterocycles. The van der Waals surface area contributed by atoms with Crippen LogP contribution in [0.1, 0.15) is 62.7 Å². The number of aromatic nitrogens is 2. The Morgan fingerprint density at radius 2 is 1.31 bits per heavy atom. The third kappa shape index (κ3) is 11.4. The molecular weight excluding hydrogens is 705 g/mol. The topological polar surface area (TPSA) is 220 Å². The molecule has 0 saturated heterocycles. The molecule has 4 aromatic rings. The van der Waals surface area contributed by atoms with Gasteiger partial charge in [0.1, 0.15) is 12.1 Å². The van der Waals surface area contributed by atoms with E-state index in [9.17, 15) is 28.8 Å². The van der Waals surface area contributed by atoms with Crippen molar-refractivity contribution >= 4 is 85.0 Å². The Morgan fingerprint density at radius 3 is 1.85 bits per heavy atom. The monoisotopic (exact) mass is 746 g/mol. The SMILES string of the molecule is CC(=O)N[C@@H](CCCCNC(=O)c1cnc2c(SSc3cccc4cc(N(C=O)CCCC[C@@H](NC(C)=O)C(N)=O)cnc34)cccc2c1)C(N)=O. The van der Waals surface area contributed by atoms with Crippen LogP contribution in [0.3, 0.4) is 0 Å². The summed E-state index contributed by atoms with van der Waals surface area (Å²) in [6.07, 6.45) is 7.10. The molecule has 0 spiro atoms. The number of unbranched alkanes of at least 4 members (excludes halogenated alkanes) is 2. The number of anilines is 1. The number of benzene rings is 2. The highest BCUT2D eigenvalue weighted by Crippen LogP contribution is 2.42. The number of rotatable bonds is 20. The molecular formula is C36H42N8O6S2. The second-order valence-electron chi connectivity index (χ2n) is 12.1. The second kappa shape index (κ2) is 19.4. The van der Waals surface area contributed by atoms with Crippen molar-refractivity contribution in [3.05, 3.63) is 66.5 Å². The average Bonchev–Trinajstić information content (AvgIpc) is 3.11. The number of carbonyl (C=O) groups excluding carboxylic acids is 6. The molecule has 6 amide bonds. The van der Waals surface area contributed by atoms with E-state index >= 15 is 0 Å². The number of nitrogens with one attached hydrogen (secondary N) is 3. The van der Waals surface area contributed by atoms with Crippen molar-refractivity contribution in [2.75, 3.05) is 18.0 Å². The largest absolute Gasteiger partial charge is 0.368 e. The molecule has 0 fully saturated rings. The molecule has 0 aliphatic rings. The van der Waals surface area contributed by atoms with E-state index in [0.29, 0.717) is 62.9 Å². The molecule has 4 rings (SSSR count). The predicted octanol–water partition coefficient (Wildman–Crippen LogP) is 3.60. The zero-order valence-electron chi connectivity index (χ0n) is 28.9. The molecule has 2 heterocycles. The predicted molar refractivity (Wildman–Crippen MR) is 202 cm³/mol. The van der Waals surface area contributed by atoms with Crippen LogP contribution in [-0.4, -0.2) is 71.1 Å². The zero-order valence-corrected chi connectivity index (χ0v) is 30.6. The van der Waals surface area contributed by atoms with E-state index in [0.717, 1.165) is 38.0 Å². The maximum Gasteiger partial charge on any atom is 0.252 e. The second-order valence-corrected chi connectivity index (χ2v) is 14.3. The van der Waals surface area contributed by atoms with Crippen LogP contribution in [-0.2, 0) is 24.0 Å². The van der Waals surface area contributed by atoms with Crippen LogP contribution in [0, 0.1) is 0 Å². The van der Waals surface area contributed by atoms with Gasteiger partial charge in [-0.25, -0.2) is 0 Å². The summed E-state index contributed by atoms with van der Waals surface area (Å²) in [5.74, 6) is -2.10. The van der Waals surface area contributed by atoms with Gasteiger partial charge >= 0.3 is 0 Å². The molecule has 0 bridgehead atoms. The van der Waals surface area contributed by atoms with Gasteiger partial charge in [-0.1, -0.05) is 45.9 Å². The molecule has 274 valence electrons. The summed E-state index contributed by atoms with van der Waals surface area (Å²) < 4.78 is 0. The van der Waals surface area contributed by atoms with Crippen LogP contribution in [0.2, 0.25) is 0 Å². The first-order chi connectivity index (χ1) is 25.0. The van der Waals surface area contributed by atoms with E-state index in [-0.39, 0.29) is 17.7 Å². The lowest BCUT2D eigenvalue weighted by atomic mass is 10.1. The van der Waals surface area contributed by atoms with Crippen molar-refractivity contribution in [3.63, 3.8) is 0 Å². The van der Waals surface area contributed by atoms with Crippen LogP contribution in [0.4, 0.5) is 5.69 Å². The first kappa shape index (κ1) is 39.6. The van der Waals surface area contributed by atoms with E-state index in [4.69, 9.17) is 16.5 Å². The van der Waals surface area contributed by atoms with Gasteiger partial charge in [0.25, 0.3) is 5.91 Å². The summed E-state index contributed by atoms with van der Waals surface area (Å²) in [6.45, 7) is 3.46. The Kier molecular flexibility index (Phi) is 14.8. The highest BCUT2D eigenvalue weighted by molar-refractivity contribution is 8.76. The number of amides is 6. The number of para-hydroxylation sites is 2. The van der Waals surface area contributed by atoms with E-state index in [1.165, 1.54) is 35.4 Å². The number of nitrogens with two attached hydrogens (primary N) is 2. The molecule has 2 aromatic carbocycles. The normalized spacial score (nSPS) is 12.1. The Morgan fingerprint density at radius 1 is 0.769 bits per heavy atom. The first-order valence-electron chi connectivity index (χ1n) is 16.7. The lowest BCUT2D eigenvalue weighted by molar-refractivity contribution is -0.126. The van der Waals surface area contributed by atoms with Gasteiger partial charge in [-0.05, 0) is 62.8 Å². The summed E-state index contributed by atoms with van der Waals surface area (Å²) in [7, 11) is 3.05. The van der Waals surface area contributed by atoms with Gasteiger partial charge in [0.15, 0.2) is 0 Å². The molecule has 0 saturated carbocycles. The lowest BCUT2D eigenvalue weighted by Crippen LogP contribution is -2.43. The quantitative estimate of drug-likeness (QED) is 0.0503. The zero-order chi connectivity index (χ0) is 37.6. The van der Waals surface area contributed by atoms with Gasteiger partial charge in [0.2, 0.25) is 30.0 Å². The third-order valence-electron chi connectivity index (χ3n) is 8.06. The highest BCUT2D eigenvalue weighted by Gasteiger charge is 2.18. The van der Waals surface area contributed by atoms with Gasteiger partial charge < -0.3 is 32.3 Å². The summed E-state index contributed by atoms with van der Waals surface area (Å²) in [5, 5.41) is 9.63. The minimum absolute atomic E-state index is 0.261. The number of fused-ring (bicyclic) bond motifs is 2. The van der Waals surface area contributed by atoms with Crippen molar-refractivity contribution in [1.29, 1.82) is 0 Å². The van der Waals surface area contributed by atoms with Gasteiger partial charge in [-0.15, -0.1) is 0 Å². The standard InChI is InChI=1S/C36H42N8O6S2/c1-22(46)42-28(34(37)48)11-3-5-15-39-36(50)26-17-24-9-7-13-30(32(24)40-19-26)51-52-31-14-8-10-25-18-27(20-41-33(25)31)44(21-45)16-6-4-12-29(35(38)49)43-23(2)47/h7-10,13-14,17-21,28-29H,3-6,11-12,15-16H2,1-2H3,(H2,37,48)(H2,38,49)(H,39,50)(H,42,46)(H,43,47)/t28-,29+/m0/s1. The fraction of sp³-hybridized carbons (Fsp3) is 0.333. The maximum absolute atomic E-state index is 12.8. The summed E-state index contributed by atoms with van der Waals surface area (Å²) >= 11 is 0. The molecule has 0 aliphatic carbocycles. The number of nitrogens with zero attached hydrogens (tertiary/aromatic N) is 3. The smallest absolute Gasteiger partial charge is 0.252 e. The molecule has 0 unspecified atom stereocenters. The number of carbonyl (C=O) groups is 6. The molecule has 0 radical (unpaired) electrons. The number of hydrogen-bond donors (Lipinski definition) is 5. The van der Waals surface area contributed by atoms with Crippen LogP contribution in [0.15, 0.2) is 70.7 Å². The van der Waals surface area contributed by atoms with Crippen LogP contribution in [0.25, 0.3) is 21.8 Å². The summed E-state index contributed by atoms with van der Waals surface area (Å²) in [5.41, 5.74) is 13.3. The number of hydrogen-bond acceptors (Lipinski definition) is 10. The van der Waals surface area contributed by atoms with Crippen molar-refractivity contribution in [2.45, 2.75) is 74.2 Å². The fourth-order valence-electron chi connectivity index (χ4n) is 5.47. The van der Waals surface area contributed by atoms with Gasteiger partial charge in [0.05, 0.1) is 28.5 Å². The third-order valence-corrected chi connectivity index (χ3v) is 10.5. The minimum atomic E-state index is -0.746. The fourth-order valence-corrected chi connectivity index (χ4v) is 7.76. The minimum Gasteiger partial charge on any atom is -0.368 e. The van der Waals surface area contributed by atoms with Crippen LogP contribution < -0.4 is 32.3 Å². The van der Waals surface area contributed by atoms with Gasteiger partial charge in [0, 0.05) is 53.7 Å².